The van der Waals surface area contributed by atoms with Crippen molar-refractivity contribution >= 4 is 33.2 Å². The van der Waals surface area contributed by atoms with E-state index < -0.39 is 68.5 Å². The monoisotopic (exact) mass is 692 g/mol. The number of epoxide rings is 1. The maximum atomic E-state index is 14.4. The molecule has 13 heteroatoms. The first-order valence-electron chi connectivity index (χ1n) is 15.8. The van der Waals surface area contributed by atoms with E-state index in [4.69, 9.17) is 9.47 Å². The molecule has 0 aromatic heterocycles. The molecule has 1 amide bonds. The van der Waals surface area contributed by atoms with Crippen LogP contribution in [-0.2, 0) is 38.0 Å². The molecule has 1 saturated heterocycles. The second-order valence-electron chi connectivity index (χ2n) is 12.7. The number of fused-ring (bicyclic) bond motifs is 5. The Balaban J connectivity index is 1.11. The third-order valence-corrected chi connectivity index (χ3v) is 11.6. The van der Waals surface area contributed by atoms with Gasteiger partial charge in [-0.05, 0) is 60.5 Å². The topological polar surface area (TPSA) is 183 Å². The number of aliphatic hydroxyl groups excluding tert-OH is 2. The summed E-state index contributed by atoms with van der Waals surface area (Å²) >= 11 is 0. The molecular formula is C37H28N2O10S. The van der Waals surface area contributed by atoms with Gasteiger partial charge in [0.25, 0.3) is 0 Å². The van der Waals surface area contributed by atoms with Crippen LogP contribution in [0.2, 0.25) is 0 Å². The second-order valence-corrected chi connectivity index (χ2v) is 14.8. The molecule has 5 atom stereocenters. The van der Waals surface area contributed by atoms with Crippen molar-refractivity contribution in [2.45, 2.75) is 54.4 Å². The van der Waals surface area contributed by atoms with E-state index in [1.54, 1.807) is 18.2 Å². The van der Waals surface area contributed by atoms with E-state index in [0.29, 0.717) is 11.1 Å². The minimum absolute atomic E-state index is 0.0361. The van der Waals surface area contributed by atoms with Gasteiger partial charge in [-0.2, -0.15) is 0 Å². The van der Waals surface area contributed by atoms with Crippen LogP contribution in [0, 0.1) is 23.7 Å². The Morgan fingerprint density at radius 1 is 1.04 bits per heavy atom. The van der Waals surface area contributed by atoms with Crippen LogP contribution in [0.25, 0.3) is 0 Å². The van der Waals surface area contributed by atoms with Gasteiger partial charge in [0, 0.05) is 29.8 Å². The maximum Gasteiger partial charge on any atom is 0.410 e. The van der Waals surface area contributed by atoms with Crippen LogP contribution in [0.4, 0.5) is 10.5 Å². The fourth-order valence-electron chi connectivity index (χ4n) is 7.54. The standard InChI is InChI=1S/C37H28N2O10S/c1-20(40)36-28-11-7-2-3-8-12-29(42)37(36,49-36)26-17-27(41)30-31(32(26)38-28)34(44)25-16-22-19-39(18-21(22)15-24(25)33(30)43)35(45)48-13-14-50(46,47)23-9-5-4-6-10-23/h2-6,9-10,15-17,20,28-29,38,40-42H,13-14,18-19H2,1H3/b3-2-/t20-,28+,29-,36+,37+/m1/s1. The largest absolute Gasteiger partial charge is 0.507 e. The smallest absolute Gasteiger partial charge is 0.410 e. The first kappa shape index (κ1) is 31.8. The van der Waals surface area contributed by atoms with Gasteiger partial charge in [0.2, 0.25) is 0 Å². The van der Waals surface area contributed by atoms with Crippen molar-refractivity contribution in [1.82, 2.24) is 4.90 Å². The molecule has 0 unspecified atom stereocenters. The number of phenols is 1. The van der Waals surface area contributed by atoms with E-state index in [2.05, 4.69) is 29.0 Å². The van der Waals surface area contributed by atoms with E-state index in [9.17, 15) is 38.1 Å². The number of carbonyl (C=O) groups is 3. The first-order valence-corrected chi connectivity index (χ1v) is 17.4. The number of benzene rings is 3. The molecule has 3 aromatic rings. The van der Waals surface area contributed by atoms with Crippen LogP contribution in [0.1, 0.15) is 55.5 Å². The molecule has 2 aliphatic carbocycles. The highest BCUT2D eigenvalue weighted by atomic mass is 32.2. The van der Waals surface area contributed by atoms with Gasteiger partial charge in [-0.25, -0.2) is 13.2 Å². The highest BCUT2D eigenvalue weighted by Crippen LogP contribution is 2.67. The van der Waals surface area contributed by atoms with Gasteiger partial charge in [0.1, 0.15) is 18.4 Å². The first-order chi connectivity index (χ1) is 23.9. The second kappa shape index (κ2) is 11.0. The zero-order valence-corrected chi connectivity index (χ0v) is 27.2. The number of amides is 1. The fourth-order valence-corrected chi connectivity index (χ4v) is 8.65. The number of anilines is 1. The van der Waals surface area contributed by atoms with Gasteiger partial charge in [-0.3, -0.25) is 14.5 Å². The van der Waals surface area contributed by atoms with E-state index >= 15 is 0 Å². The number of allylic oxidation sites excluding steroid dienone is 2. The molecule has 2 bridgehead atoms. The number of hydrogen-bond donors (Lipinski definition) is 4. The van der Waals surface area contributed by atoms with Crippen LogP contribution < -0.4 is 5.32 Å². The molecule has 3 heterocycles. The van der Waals surface area contributed by atoms with Crippen molar-refractivity contribution in [2.24, 2.45) is 0 Å². The lowest BCUT2D eigenvalue weighted by Crippen LogP contribution is -2.54. The number of rotatable bonds is 5. The minimum atomic E-state index is -3.66. The van der Waals surface area contributed by atoms with Crippen molar-refractivity contribution in [2.75, 3.05) is 17.7 Å². The van der Waals surface area contributed by atoms with Gasteiger partial charge in [0.05, 0.1) is 33.6 Å². The Morgan fingerprint density at radius 3 is 2.34 bits per heavy atom. The van der Waals surface area contributed by atoms with E-state index in [1.807, 2.05) is 0 Å². The number of nitrogens with one attached hydrogen (secondary N) is 1. The average Bonchev–Trinajstić information content (AvgIpc) is 3.68. The minimum Gasteiger partial charge on any atom is -0.507 e. The summed E-state index contributed by atoms with van der Waals surface area (Å²) in [4.78, 5) is 42.8. The van der Waals surface area contributed by atoms with Gasteiger partial charge in [0.15, 0.2) is 38.7 Å². The molecule has 1 fully saturated rings. The molecule has 3 aliphatic heterocycles. The van der Waals surface area contributed by atoms with Crippen LogP contribution in [0.15, 0.2) is 65.6 Å². The predicted octanol–water partition coefficient (Wildman–Crippen LogP) is 2.17. The number of aromatic hydroxyl groups is 1. The van der Waals surface area contributed by atoms with Crippen LogP contribution in [-0.4, -0.2) is 82.5 Å². The molecule has 4 N–H and O–H groups in total. The summed E-state index contributed by atoms with van der Waals surface area (Å²) in [7, 11) is -3.66. The zero-order valence-electron chi connectivity index (χ0n) is 26.4. The Labute approximate surface area is 286 Å². The molecule has 5 aliphatic rings. The summed E-state index contributed by atoms with van der Waals surface area (Å²) in [5.41, 5.74) is -2.04. The maximum absolute atomic E-state index is 14.4. The van der Waals surface area contributed by atoms with Crippen molar-refractivity contribution in [3.05, 3.63) is 99.6 Å². The van der Waals surface area contributed by atoms with Gasteiger partial charge < -0.3 is 30.1 Å². The zero-order chi connectivity index (χ0) is 35.2. The molecule has 8 rings (SSSR count). The molecule has 0 radical (unpaired) electrons. The fraction of sp³-hybridized carbons (Fsp3) is 0.270. The number of phenolic OH excluding ortho intramolecular Hbond substituents is 1. The summed E-state index contributed by atoms with van der Waals surface area (Å²) in [5, 5.41) is 36.8. The van der Waals surface area contributed by atoms with Crippen molar-refractivity contribution in [1.29, 1.82) is 0 Å². The summed E-state index contributed by atoms with van der Waals surface area (Å²) < 4.78 is 36.7. The summed E-state index contributed by atoms with van der Waals surface area (Å²) in [5.74, 6) is 9.08. The number of ketones is 2. The highest BCUT2D eigenvalue weighted by molar-refractivity contribution is 7.91. The lowest BCUT2D eigenvalue weighted by Gasteiger charge is -2.37. The molecule has 0 spiro atoms. The third kappa shape index (κ3) is 4.38. The molecule has 3 aromatic carbocycles. The van der Waals surface area contributed by atoms with Crippen molar-refractivity contribution in [3.8, 4) is 29.4 Å². The quantitative estimate of drug-likeness (QED) is 0.137. The SMILES string of the molecule is C[C@@H](O)[C@@]12O[C@]13c1cc(O)c4c(c1N[C@H]2C#C/C=C\C#C[C@H]3O)C(=O)c1cc2c(cc1C4=O)CN(C(=O)OCCS(=O)(=O)c1ccccc1)C2. The number of sulfone groups is 1. The average molecular weight is 693 g/mol. The van der Waals surface area contributed by atoms with Crippen LogP contribution in [0.3, 0.4) is 0 Å². The number of aliphatic hydroxyl groups is 2. The Kier molecular flexibility index (Phi) is 7.02. The highest BCUT2D eigenvalue weighted by Gasteiger charge is 2.82. The normalized spacial score (nSPS) is 26.2. The molecule has 0 saturated carbocycles. The number of carbonyl (C=O) groups excluding carboxylic acids is 3. The number of hydrogen-bond acceptors (Lipinski definition) is 11. The van der Waals surface area contributed by atoms with Crippen LogP contribution >= 0.6 is 0 Å². The van der Waals surface area contributed by atoms with E-state index in [1.165, 1.54) is 54.3 Å². The molecule has 12 nitrogen and oxygen atoms in total. The van der Waals surface area contributed by atoms with Gasteiger partial charge in [-0.1, -0.05) is 41.9 Å². The molecule has 50 heavy (non-hydrogen) atoms. The Hall–Kier alpha value is -5.44. The van der Waals surface area contributed by atoms with Crippen molar-refractivity contribution in [3.63, 3.8) is 0 Å². The predicted molar refractivity (Wildman–Crippen MR) is 176 cm³/mol. The van der Waals surface area contributed by atoms with Gasteiger partial charge in [-0.15, -0.1) is 0 Å². The summed E-state index contributed by atoms with van der Waals surface area (Å²) in [6.45, 7) is 1.21. The summed E-state index contributed by atoms with van der Waals surface area (Å²) in [6.07, 6.45) is -0.501. The number of nitrogens with zero attached hydrogens (tertiary/aromatic N) is 1. The Bertz CT molecular complexity index is 2330. The molecule has 252 valence electrons. The van der Waals surface area contributed by atoms with Gasteiger partial charge >= 0.3 is 6.09 Å². The van der Waals surface area contributed by atoms with E-state index in [0.717, 1.165) is 0 Å². The summed E-state index contributed by atoms with van der Waals surface area (Å²) in [6, 6.07) is 11.2. The third-order valence-electron chi connectivity index (χ3n) is 9.94. The lowest BCUT2D eigenvalue weighted by atomic mass is 9.69. The van der Waals surface area contributed by atoms with Crippen LogP contribution in [0.5, 0.6) is 5.75 Å². The number of ether oxygens (including phenoxy) is 2. The van der Waals surface area contributed by atoms with E-state index in [-0.39, 0.29) is 58.1 Å². The molecular weight excluding hydrogens is 664 g/mol. The Morgan fingerprint density at radius 2 is 1.68 bits per heavy atom. The lowest BCUT2D eigenvalue weighted by molar-refractivity contribution is 0.0867. The van der Waals surface area contributed by atoms with Crippen molar-refractivity contribution < 1.29 is 47.6 Å².